The van der Waals surface area contributed by atoms with Gasteiger partial charge in [-0.25, -0.2) is 0 Å². The van der Waals surface area contributed by atoms with Gasteiger partial charge in [-0.3, -0.25) is 9.59 Å². The zero-order chi connectivity index (χ0) is 15.6. The molecule has 1 aromatic carbocycles. The smallest absolute Gasteiger partial charge is 0.261 e. The molecule has 4 nitrogen and oxygen atoms in total. The topological polar surface area (TPSA) is 48.3 Å². The first kappa shape index (κ1) is 15.0. The lowest BCUT2D eigenvalue weighted by Crippen LogP contribution is -2.24. The summed E-state index contributed by atoms with van der Waals surface area (Å²) >= 11 is 0. The number of nitrogens with zero attached hydrogens (tertiary/aromatic N) is 1. The summed E-state index contributed by atoms with van der Waals surface area (Å²) in [5.74, 6) is 0.571. The molecule has 0 bridgehead atoms. The number of benzene rings is 1. The molecule has 110 valence electrons. The van der Waals surface area contributed by atoms with Crippen LogP contribution in [0.3, 0.4) is 0 Å². The van der Waals surface area contributed by atoms with Crippen LogP contribution < -0.4 is 10.3 Å². The van der Waals surface area contributed by atoms with E-state index in [1.54, 1.807) is 19.2 Å². The van der Waals surface area contributed by atoms with Crippen LogP contribution in [0.2, 0.25) is 0 Å². The van der Waals surface area contributed by atoms with E-state index >= 15 is 0 Å². The van der Waals surface area contributed by atoms with E-state index in [0.717, 1.165) is 17.0 Å². The lowest BCUT2D eigenvalue weighted by molar-refractivity contribution is 0.101. The van der Waals surface area contributed by atoms with Gasteiger partial charge in [0, 0.05) is 7.05 Å². The van der Waals surface area contributed by atoms with Gasteiger partial charge in [0.05, 0.1) is 17.4 Å². The molecule has 21 heavy (non-hydrogen) atoms. The zero-order valence-electron chi connectivity index (χ0n) is 12.7. The molecule has 1 heterocycles. The average molecular weight is 285 g/mol. The number of ketones is 1. The van der Waals surface area contributed by atoms with Crippen LogP contribution in [-0.4, -0.2) is 16.5 Å². The predicted molar refractivity (Wildman–Crippen MR) is 82.9 cm³/mol. The highest BCUT2D eigenvalue weighted by atomic mass is 16.5. The Hall–Kier alpha value is -2.36. The van der Waals surface area contributed by atoms with Gasteiger partial charge < -0.3 is 9.30 Å². The molecule has 0 aliphatic rings. The molecule has 1 aromatic heterocycles. The van der Waals surface area contributed by atoms with Crippen molar-refractivity contribution in [1.29, 1.82) is 0 Å². The summed E-state index contributed by atoms with van der Waals surface area (Å²) in [6.07, 6.45) is 0.120. The van der Waals surface area contributed by atoms with Gasteiger partial charge in [-0.15, -0.1) is 0 Å². The number of carbonyl (C=O) groups excluding carboxylic acids is 1. The molecule has 2 rings (SSSR count). The van der Waals surface area contributed by atoms with Crippen LogP contribution in [-0.2, 0) is 7.05 Å². The van der Waals surface area contributed by atoms with E-state index in [4.69, 9.17) is 4.74 Å². The van der Waals surface area contributed by atoms with E-state index in [9.17, 15) is 9.59 Å². The van der Waals surface area contributed by atoms with Crippen LogP contribution in [0.5, 0.6) is 5.75 Å². The van der Waals surface area contributed by atoms with Gasteiger partial charge in [-0.2, -0.15) is 0 Å². The number of hydrogen-bond donors (Lipinski definition) is 0. The molecule has 0 amide bonds. The number of carbonyl (C=O) groups is 1. The number of pyridine rings is 1. The molecule has 2 aromatic rings. The Morgan fingerprint density at radius 2 is 1.71 bits per heavy atom. The first-order valence-electron chi connectivity index (χ1n) is 6.88. The summed E-state index contributed by atoms with van der Waals surface area (Å²) in [5, 5.41) is 0. The quantitative estimate of drug-likeness (QED) is 0.811. The molecule has 0 saturated heterocycles. The van der Waals surface area contributed by atoms with Crippen molar-refractivity contribution in [2.24, 2.45) is 7.05 Å². The Morgan fingerprint density at radius 1 is 1.10 bits per heavy atom. The predicted octanol–water partition coefficient (Wildman–Crippen LogP) is 3.04. The Kier molecular flexibility index (Phi) is 4.26. The fraction of sp³-hybridized carbons (Fsp3) is 0.294. The molecule has 0 unspecified atom stereocenters. The van der Waals surface area contributed by atoms with E-state index in [1.165, 1.54) is 11.5 Å². The van der Waals surface area contributed by atoms with Gasteiger partial charge in [0.2, 0.25) is 0 Å². The minimum atomic E-state index is -0.275. The Labute approximate surface area is 124 Å². The molecule has 0 N–H and O–H groups in total. The first-order valence-corrected chi connectivity index (χ1v) is 6.88. The molecular weight excluding hydrogens is 266 g/mol. The number of aromatic nitrogens is 1. The SMILES string of the molecule is CC(=O)c1ccc(-c2ccc(OC(C)C)cc2)n(C)c1=O. The highest BCUT2D eigenvalue weighted by molar-refractivity contribution is 5.93. The number of ether oxygens (including phenoxy) is 1. The van der Waals surface area contributed by atoms with Crippen molar-refractivity contribution >= 4 is 5.78 Å². The number of Topliss-reactive ketones (excluding diaryl/α,β-unsaturated/α-hetero) is 1. The Balaban J connectivity index is 2.41. The fourth-order valence-corrected chi connectivity index (χ4v) is 2.17. The monoisotopic (exact) mass is 285 g/mol. The van der Waals surface area contributed by atoms with E-state index < -0.39 is 0 Å². The second kappa shape index (κ2) is 5.95. The minimum Gasteiger partial charge on any atom is -0.491 e. The third kappa shape index (κ3) is 3.21. The standard InChI is InChI=1S/C17H19NO3/c1-11(2)21-14-7-5-13(6-8-14)16-10-9-15(12(3)19)17(20)18(16)4/h5-11H,1-4H3. The van der Waals surface area contributed by atoms with Gasteiger partial charge in [0.15, 0.2) is 5.78 Å². The van der Waals surface area contributed by atoms with Crippen LogP contribution in [0.15, 0.2) is 41.2 Å². The van der Waals surface area contributed by atoms with Gasteiger partial charge in [0.1, 0.15) is 5.75 Å². The molecule has 0 aliphatic heterocycles. The van der Waals surface area contributed by atoms with E-state index in [-0.39, 0.29) is 23.0 Å². The van der Waals surface area contributed by atoms with E-state index in [0.29, 0.717) is 0 Å². The maximum absolute atomic E-state index is 12.1. The van der Waals surface area contributed by atoms with Crippen LogP contribution in [0, 0.1) is 0 Å². The maximum Gasteiger partial charge on any atom is 0.261 e. The summed E-state index contributed by atoms with van der Waals surface area (Å²) in [5.41, 5.74) is 1.60. The van der Waals surface area contributed by atoms with Crippen molar-refractivity contribution in [3.8, 4) is 17.0 Å². The summed E-state index contributed by atoms with van der Waals surface area (Å²) < 4.78 is 7.09. The van der Waals surface area contributed by atoms with Crippen LogP contribution in [0.25, 0.3) is 11.3 Å². The second-order valence-electron chi connectivity index (χ2n) is 5.24. The van der Waals surface area contributed by atoms with Crippen LogP contribution in [0.4, 0.5) is 0 Å². The molecule has 0 atom stereocenters. The lowest BCUT2D eigenvalue weighted by atomic mass is 10.1. The van der Waals surface area contributed by atoms with Crippen LogP contribution in [0.1, 0.15) is 31.1 Å². The van der Waals surface area contributed by atoms with Gasteiger partial charge >= 0.3 is 0 Å². The van der Waals surface area contributed by atoms with Crippen molar-refractivity contribution in [2.75, 3.05) is 0 Å². The highest BCUT2D eigenvalue weighted by Gasteiger charge is 2.10. The van der Waals surface area contributed by atoms with Gasteiger partial charge in [-0.1, -0.05) is 0 Å². The summed E-state index contributed by atoms with van der Waals surface area (Å²) in [4.78, 5) is 23.5. The number of rotatable bonds is 4. The molecule has 0 spiro atoms. The third-order valence-electron chi connectivity index (χ3n) is 3.21. The van der Waals surface area contributed by atoms with E-state index in [2.05, 4.69) is 0 Å². The lowest BCUT2D eigenvalue weighted by Gasteiger charge is -2.12. The first-order chi connectivity index (χ1) is 9.90. The van der Waals surface area contributed by atoms with Crippen molar-refractivity contribution in [1.82, 2.24) is 4.57 Å². The molecule has 0 fully saturated rings. The number of hydrogen-bond acceptors (Lipinski definition) is 3. The van der Waals surface area contributed by atoms with Crippen molar-refractivity contribution in [3.05, 3.63) is 52.3 Å². The largest absolute Gasteiger partial charge is 0.491 e. The van der Waals surface area contributed by atoms with E-state index in [1.807, 2.05) is 38.1 Å². The summed E-state index contributed by atoms with van der Waals surface area (Å²) in [6.45, 7) is 5.34. The molecule has 0 saturated carbocycles. The van der Waals surface area contributed by atoms with Crippen molar-refractivity contribution in [3.63, 3.8) is 0 Å². The summed E-state index contributed by atoms with van der Waals surface area (Å²) in [7, 11) is 1.67. The second-order valence-corrected chi connectivity index (χ2v) is 5.24. The normalized spacial score (nSPS) is 10.7. The summed E-state index contributed by atoms with van der Waals surface area (Å²) in [6, 6.07) is 10.9. The molecule has 0 aliphatic carbocycles. The highest BCUT2D eigenvalue weighted by Crippen LogP contribution is 2.22. The van der Waals surface area contributed by atoms with Gasteiger partial charge in [-0.05, 0) is 62.7 Å². The Morgan fingerprint density at radius 3 is 2.24 bits per heavy atom. The maximum atomic E-state index is 12.1. The Bertz CT molecular complexity index is 712. The average Bonchev–Trinajstić information content (AvgIpc) is 2.42. The molecule has 4 heteroatoms. The molecule has 0 radical (unpaired) electrons. The fourth-order valence-electron chi connectivity index (χ4n) is 2.17. The molecular formula is C17H19NO3. The van der Waals surface area contributed by atoms with Crippen molar-refractivity contribution in [2.45, 2.75) is 26.9 Å². The van der Waals surface area contributed by atoms with Crippen LogP contribution >= 0.6 is 0 Å². The third-order valence-corrected chi connectivity index (χ3v) is 3.21. The zero-order valence-corrected chi connectivity index (χ0v) is 12.7. The van der Waals surface area contributed by atoms with Gasteiger partial charge in [0.25, 0.3) is 5.56 Å². The minimum absolute atomic E-state index is 0.120. The van der Waals surface area contributed by atoms with Crippen molar-refractivity contribution < 1.29 is 9.53 Å².